The summed E-state index contributed by atoms with van der Waals surface area (Å²) in [5, 5.41) is 3.66. The molecule has 2 rings (SSSR count). The molecule has 1 unspecified atom stereocenters. The lowest BCUT2D eigenvalue weighted by Gasteiger charge is -2.16. The third-order valence-electron chi connectivity index (χ3n) is 2.92. The molecule has 4 heteroatoms. The van der Waals surface area contributed by atoms with Gasteiger partial charge in [-0.3, -0.25) is 0 Å². The molecule has 19 heavy (non-hydrogen) atoms. The zero-order chi connectivity index (χ0) is 13.8. The van der Waals surface area contributed by atoms with Crippen molar-refractivity contribution >= 4 is 29.1 Å². The number of benzene rings is 2. The molecule has 0 aromatic heterocycles. The van der Waals surface area contributed by atoms with Crippen molar-refractivity contribution in [2.24, 2.45) is 0 Å². The van der Waals surface area contributed by atoms with Crippen LogP contribution < -0.4 is 5.32 Å². The van der Waals surface area contributed by atoms with E-state index in [9.17, 15) is 4.39 Å². The van der Waals surface area contributed by atoms with Gasteiger partial charge in [0.15, 0.2) is 0 Å². The highest BCUT2D eigenvalue weighted by Crippen LogP contribution is 2.25. The zero-order valence-corrected chi connectivity index (χ0v) is 12.4. The first kappa shape index (κ1) is 14.2. The van der Waals surface area contributed by atoms with Crippen LogP contribution in [0, 0.1) is 5.82 Å². The Kier molecular flexibility index (Phi) is 4.72. The predicted octanol–water partition coefficient (Wildman–Crippen LogP) is 5.37. The van der Waals surface area contributed by atoms with E-state index in [0.717, 1.165) is 5.56 Å². The minimum absolute atomic E-state index is 0.0175. The minimum Gasteiger partial charge on any atom is -0.376 e. The van der Waals surface area contributed by atoms with Crippen LogP contribution in [0.2, 0.25) is 5.02 Å². The van der Waals surface area contributed by atoms with Crippen LogP contribution >= 0.6 is 23.4 Å². The summed E-state index contributed by atoms with van der Waals surface area (Å²) in [6.07, 6.45) is 2.04. The first-order valence-corrected chi connectivity index (χ1v) is 7.56. The number of anilines is 1. The van der Waals surface area contributed by atoms with E-state index in [2.05, 4.69) is 17.4 Å². The normalized spacial score (nSPS) is 12.2. The van der Waals surface area contributed by atoms with Crippen molar-refractivity contribution < 1.29 is 4.39 Å². The number of hydrogen-bond acceptors (Lipinski definition) is 2. The molecule has 0 amide bonds. The molecule has 0 spiro atoms. The summed E-state index contributed by atoms with van der Waals surface area (Å²) in [5.74, 6) is -0.294. The summed E-state index contributed by atoms with van der Waals surface area (Å²) in [5.41, 5.74) is 1.53. The Labute approximate surface area is 122 Å². The molecule has 0 aliphatic carbocycles. The molecule has 1 N–H and O–H groups in total. The quantitative estimate of drug-likeness (QED) is 0.761. The van der Waals surface area contributed by atoms with Crippen molar-refractivity contribution in [3.8, 4) is 0 Å². The molecule has 2 aromatic carbocycles. The van der Waals surface area contributed by atoms with E-state index in [0.29, 0.717) is 10.7 Å². The van der Waals surface area contributed by atoms with Gasteiger partial charge in [0, 0.05) is 16.0 Å². The largest absolute Gasteiger partial charge is 0.376 e. The smallest absolute Gasteiger partial charge is 0.146 e. The van der Waals surface area contributed by atoms with Crippen LogP contribution in [0.15, 0.2) is 47.4 Å². The van der Waals surface area contributed by atoms with Crippen LogP contribution in [0.3, 0.4) is 0 Å². The Morgan fingerprint density at radius 1 is 1.16 bits per heavy atom. The van der Waals surface area contributed by atoms with Gasteiger partial charge >= 0.3 is 0 Å². The molecule has 0 saturated heterocycles. The van der Waals surface area contributed by atoms with Crippen LogP contribution in [0.25, 0.3) is 0 Å². The Morgan fingerprint density at radius 3 is 2.47 bits per heavy atom. The summed E-state index contributed by atoms with van der Waals surface area (Å²) in [7, 11) is 0. The molecule has 0 fully saturated rings. The molecule has 0 aliphatic rings. The fourth-order valence-corrected chi connectivity index (χ4v) is 2.40. The van der Waals surface area contributed by atoms with E-state index in [1.807, 2.05) is 25.3 Å². The predicted molar refractivity (Wildman–Crippen MR) is 81.7 cm³/mol. The average Bonchev–Trinajstić information content (AvgIpc) is 2.43. The Hall–Kier alpha value is -1.19. The van der Waals surface area contributed by atoms with Gasteiger partial charge in [-0.2, -0.15) is 0 Å². The Bertz CT molecular complexity index is 557. The highest BCUT2D eigenvalue weighted by atomic mass is 35.5. The van der Waals surface area contributed by atoms with Gasteiger partial charge < -0.3 is 5.32 Å². The summed E-state index contributed by atoms with van der Waals surface area (Å²) >= 11 is 7.58. The molecule has 0 aliphatic heterocycles. The van der Waals surface area contributed by atoms with Gasteiger partial charge in [-0.1, -0.05) is 23.7 Å². The Morgan fingerprint density at radius 2 is 1.84 bits per heavy atom. The van der Waals surface area contributed by atoms with Gasteiger partial charge in [0.25, 0.3) is 0 Å². The summed E-state index contributed by atoms with van der Waals surface area (Å²) in [4.78, 5) is 1.21. The molecular formula is C15H15ClFNS. The van der Waals surface area contributed by atoms with Gasteiger partial charge in [-0.25, -0.2) is 4.39 Å². The topological polar surface area (TPSA) is 12.0 Å². The van der Waals surface area contributed by atoms with Crippen LogP contribution in [0.1, 0.15) is 18.5 Å². The van der Waals surface area contributed by atoms with E-state index < -0.39 is 0 Å². The third-order valence-corrected chi connectivity index (χ3v) is 3.89. The second kappa shape index (κ2) is 6.31. The lowest BCUT2D eigenvalue weighted by atomic mass is 10.1. The lowest BCUT2D eigenvalue weighted by Crippen LogP contribution is -2.07. The van der Waals surface area contributed by atoms with Crippen molar-refractivity contribution in [1.82, 2.24) is 0 Å². The molecule has 0 saturated carbocycles. The van der Waals surface area contributed by atoms with Crippen molar-refractivity contribution in [3.63, 3.8) is 0 Å². The second-order valence-electron chi connectivity index (χ2n) is 4.26. The molecular weight excluding hydrogens is 281 g/mol. The average molecular weight is 296 g/mol. The van der Waals surface area contributed by atoms with E-state index in [1.165, 1.54) is 11.0 Å². The maximum absolute atomic E-state index is 13.6. The summed E-state index contributed by atoms with van der Waals surface area (Å²) < 4.78 is 13.6. The number of halogens is 2. The third kappa shape index (κ3) is 3.64. The van der Waals surface area contributed by atoms with Gasteiger partial charge in [0.2, 0.25) is 0 Å². The number of nitrogens with one attached hydrogen (secondary N) is 1. The van der Waals surface area contributed by atoms with Crippen molar-refractivity contribution in [2.45, 2.75) is 17.9 Å². The minimum atomic E-state index is -0.294. The maximum Gasteiger partial charge on any atom is 0.146 e. The maximum atomic E-state index is 13.6. The molecule has 100 valence electrons. The molecule has 1 nitrogen and oxygen atoms in total. The SMILES string of the molecule is CSc1ccc(C(C)Nc2cc(Cl)ccc2F)cc1. The highest BCUT2D eigenvalue weighted by molar-refractivity contribution is 7.98. The van der Waals surface area contributed by atoms with Crippen molar-refractivity contribution in [3.05, 3.63) is 58.9 Å². The fraction of sp³-hybridized carbons (Fsp3) is 0.200. The number of rotatable bonds is 4. The number of hydrogen-bond donors (Lipinski definition) is 1. The van der Waals surface area contributed by atoms with Gasteiger partial charge in [-0.05, 0) is 49.1 Å². The second-order valence-corrected chi connectivity index (χ2v) is 5.58. The molecule has 1 atom stereocenters. The first-order chi connectivity index (χ1) is 9.10. The first-order valence-electron chi connectivity index (χ1n) is 5.95. The summed E-state index contributed by atoms with van der Waals surface area (Å²) in [6, 6.07) is 12.7. The molecule has 0 heterocycles. The van der Waals surface area contributed by atoms with Gasteiger partial charge in [0.1, 0.15) is 5.82 Å². The van der Waals surface area contributed by atoms with Crippen LogP contribution in [-0.2, 0) is 0 Å². The van der Waals surface area contributed by atoms with Crippen molar-refractivity contribution in [2.75, 3.05) is 11.6 Å². The zero-order valence-electron chi connectivity index (χ0n) is 10.8. The van der Waals surface area contributed by atoms with E-state index in [1.54, 1.807) is 23.9 Å². The van der Waals surface area contributed by atoms with E-state index >= 15 is 0 Å². The lowest BCUT2D eigenvalue weighted by molar-refractivity contribution is 0.627. The standard InChI is InChI=1S/C15H15ClFNS/c1-10(11-3-6-13(19-2)7-4-11)18-15-9-12(16)5-8-14(15)17/h3-10,18H,1-2H3. The molecule has 0 radical (unpaired) electrons. The monoisotopic (exact) mass is 295 g/mol. The molecule has 0 bridgehead atoms. The highest BCUT2D eigenvalue weighted by Gasteiger charge is 2.09. The van der Waals surface area contributed by atoms with E-state index in [4.69, 9.17) is 11.6 Å². The Balaban J connectivity index is 2.15. The van der Waals surface area contributed by atoms with Crippen LogP contribution in [0.5, 0.6) is 0 Å². The van der Waals surface area contributed by atoms with E-state index in [-0.39, 0.29) is 11.9 Å². The summed E-state index contributed by atoms with van der Waals surface area (Å²) in [6.45, 7) is 1.99. The van der Waals surface area contributed by atoms with Gasteiger partial charge in [-0.15, -0.1) is 11.8 Å². The van der Waals surface area contributed by atoms with Crippen LogP contribution in [-0.4, -0.2) is 6.26 Å². The fourth-order valence-electron chi connectivity index (χ4n) is 1.82. The van der Waals surface area contributed by atoms with Crippen LogP contribution in [0.4, 0.5) is 10.1 Å². The number of thioether (sulfide) groups is 1. The van der Waals surface area contributed by atoms with Gasteiger partial charge in [0.05, 0.1) is 5.69 Å². The van der Waals surface area contributed by atoms with Crippen molar-refractivity contribution in [1.29, 1.82) is 0 Å². The molecule has 2 aromatic rings.